The molecule has 1 aromatic carbocycles. The SMILES string of the molecule is CCc1sc(CN)nc1-c1ccccc1O. The van der Waals surface area contributed by atoms with Crippen molar-refractivity contribution in [2.24, 2.45) is 5.73 Å². The Labute approximate surface area is 98.6 Å². The Morgan fingerprint density at radius 3 is 2.75 bits per heavy atom. The summed E-state index contributed by atoms with van der Waals surface area (Å²) in [5.41, 5.74) is 7.24. The molecule has 0 aliphatic heterocycles. The van der Waals surface area contributed by atoms with E-state index in [0.29, 0.717) is 6.54 Å². The Morgan fingerprint density at radius 2 is 2.12 bits per heavy atom. The van der Waals surface area contributed by atoms with E-state index in [1.165, 1.54) is 4.88 Å². The lowest BCUT2D eigenvalue weighted by Gasteiger charge is -2.02. The molecule has 0 radical (unpaired) electrons. The van der Waals surface area contributed by atoms with E-state index in [1.807, 2.05) is 12.1 Å². The molecule has 0 atom stereocenters. The zero-order valence-corrected chi connectivity index (χ0v) is 9.92. The maximum absolute atomic E-state index is 9.80. The van der Waals surface area contributed by atoms with Crippen molar-refractivity contribution in [1.29, 1.82) is 0 Å². The van der Waals surface area contributed by atoms with Crippen molar-refractivity contribution in [2.45, 2.75) is 19.9 Å². The van der Waals surface area contributed by atoms with Gasteiger partial charge < -0.3 is 10.8 Å². The zero-order valence-electron chi connectivity index (χ0n) is 9.10. The van der Waals surface area contributed by atoms with Gasteiger partial charge in [0.15, 0.2) is 0 Å². The van der Waals surface area contributed by atoms with Crippen LogP contribution in [-0.2, 0) is 13.0 Å². The van der Waals surface area contributed by atoms with Crippen molar-refractivity contribution in [3.8, 4) is 17.0 Å². The Kier molecular flexibility index (Phi) is 3.22. The van der Waals surface area contributed by atoms with Crippen LogP contribution in [0.5, 0.6) is 5.75 Å². The first kappa shape index (κ1) is 11.1. The Bertz CT molecular complexity index is 494. The number of aromatic hydroxyl groups is 1. The lowest BCUT2D eigenvalue weighted by Crippen LogP contribution is -1.94. The number of phenols is 1. The summed E-state index contributed by atoms with van der Waals surface area (Å²) in [7, 11) is 0. The molecule has 16 heavy (non-hydrogen) atoms. The first-order valence-corrected chi connectivity index (χ1v) is 6.05. The summed E-state index contributed by atoms with van der Waals surface area (Å²) in [6.45, 7) is 2.53. The molecule has 0 saturated heterocycles. The predicted molar refractivity (Wildman–Crippen MR) is 66.5 cm³/mol. The van der Waals surface area contributed by atoms with Gasteiger partial charge in [-0.15, -0.1) is 11.3 Å². The molecule has 0 aliphatic rings. The molecular formula is C12H14N2OS. The summed E-state index contributed by atoms with van der Waals surface area (Å²) in [4.78, 5) is 5.63. The summed E-state index contributed by atoms with van der Waals surface area (Å²) < 4.78 is 0. The Hall–Kier alpha value is -1.39. The lowest BCUT2D eigenvalue weighted by molar-refractivity contribution is 0.477. The van der Waals surface area contributed by atoms with Crippen LogP contribution in [0.15, 0.2) is 24.3 Å². The molecule has 4 heteroatoms. The topological polar surface area (TPSA) is 59.1 Å². The van der Waals surface area contributed by atoms with Crippen LogP contribution in [-0.4, -0.2) is 10.1 Å². The Balaban J connectivity index is 2.54. The van der Waals surface area contributed by atoms with E-state index in [2.05, 4.69) is 11.9 Å². The molecule has 3 nitrogen and oxygen atoms in total. The lowest BCUT2D eigenvalue weighted by atomic mass is 10.1. The van der Waals surface area contributed by atoms with Gasteiger partial charge in [-0.25, -0.2) is 4.98 Å². The molecule has 1 aromatic heterocycles. The molecule has 2 rings (SSSR count). The maximum Gasteiger partial charge on any atom is 0.125 e. The molecule has 0 aliphatic carbocycles. The van der Waals surface area contributed by atoms with Gasteiger partial charge >= 0.3 is 0 Å². The largest absolute Gasteiger partial charge is 0.507 e. The van der Waals surface area contributed by atoms with Crippen molar-refractivity contribution in [3.63, 3.8) is 0 Å². The van der Waals surface area contributed by atoms with Crippen LogP contribution in [0.3, 0.4) is 0 Å². The average molecular weight is 234 g/mol. The summed E-state index contributed by atoms with van der Waals surface area (Å²) >= 11 is 1.62. The number of hydrogen-bond acceptors (Lipinski definition) is 4. The molecule has 0 spiro atoms. The predicted octanol–water partition coefficient (Wildman–Crippen LogP) is 2.54. The highest BCUT2D eigenvalue weighted by molar-refractivity contribution is 7.12. The van der Waals surface area contributed by atoms with Gasteiger partial charge in [-0.05, 0) is 18.6 Å². The van der Waals surface area contributed by atoms with Gasteiger partial charge in [0.05, 0.1) is 5.69 Å². The van der Waals surface area contributed by atoms with E-state index >= 15 is 0 Å². The van der Waals surface area contributed by atoms with Gasteiger partial charge in [-0.3, -0.25) is 0 Å². The van der Waals surface area contributed by atoms with Gasteiger partial charge in [0, 0.05) is 17.0 Å². The fraction of sp³-hybridized carbons (Fsp3) is 0.250. The molecule has 0 amide bonds. The summed E-state index contributed by atoms with van der Waals surface area (Å²) in [6, 6.07) is 7.26. The van der Waals surface area contributed by atoms with E-state index in [0.717, 1.165) is 22.7 Å². The van der Waals surface area contributed by atoms with Crippen LogP contribution < -0.4 is 5.73 Å². The molecule has 1 heterocycles. The zero-order chi connectivity index (χ0) is 11.5. The molecule has 0 saturated carbocycles. The highest BCUT2D eigenvalue weighted by atomic mass is 32.1. The maximum atomic E-state index is 9.80. The molecule has 3 N–H and O–H groups in total. The molecule has 2 aromatic rings. The summed E-state index contributed by atoms with van der Waals surface area (Å²) in [5, 5.41) is 10.7. The van der Waals surface area contributed by atoms with Crippen molar-refractivity contribution in [3.05, 3.63) is 34.2 Å². The first-order chi connectivity index (χ1) is 7.76. The van der Waals surface area contributed by atoms with Gasteiger partial charge in [0.1, 0.15) is 10.8 Å². The fourth-order valence-corrected chi connectivity index (χ4v) is 2.51. The van der Waals surface area contributed by atoms with Gasteiger partial charge in [-0.2, -0.15) is 0 Å². The van der Waals surface area contributed by atoms with Gasteiger partial charge in [0.2, 0.25) is 0 Å². The number of phenolic OH excluding ortho intramolecular Hbond substituents is 1. The number of benzene rings is 1. The number of aryl methyl sites for hydroxylation is 1. The normalized spacial score (nSPS) is 10.6. The van der Waals surface area contributed by atoms with Crippen molar-refractivity contribution in [1.82, 2.24) is 4.98 Å². The fourth-order valence-electron chi connectivity index (χ4n) is 1.61. The quantitative estimate of drug-likeness (QED) is 0.858. The van der Waals surface area contributed by atoms with Gasteiger partial charge in [0.25, 0.3) is 0 Å². The van der Waals surface area contributed by atoms with E-state index in [-0.39, 0.29) is 5.75 Å². The van der Waals surface area contributed by atoms with Crippen LogP contribution in [0, 0.1) is 0 Å². The minimum Gasteiger partial charge on any atom is -0.507 e. The number of rotatable bonds is 3. The van der Waals surface area contributed by atoms with Crippen LogP contribution in [0.4, 0.5) is 0 Å². The number of hydrogen-bond donors (Lipinski definition) is 2. The third-order valence-electron chi connectivity index (χ3n) is 2.40. The number of nitrogens with two attached hydrogens (primary N) is 1. The highest BCUT2D eigenvalue weighted by Gasteiger charge is 2.13. The van der Waals surface area contributed by atoms with Crippen molar-refractivity contribution >= 4 is 11.3 Å². The van der Waals surface area contributed by atoms with E-state index in [1.54, 1.807) is 23.5 Å². The van der Waals surface area contributed by atoms with Crippen molar-refractivity contribution < 1.29 is 5.11 Å². The van der Waals surface area contributed by atoms with E-state index in [9.17, 15) is 5.11 Å². The number of para-hydroxylation sites is 1. The molecule has 0 fully saturated rings. The smallest absolute Gasteiger partial charge is 0.125 e. The molecular weight excluding hydrogens is 220 g/mol. The number of aromatic nitrogens is 1. The first-order valence-electron chi connectivity index (χ1n) is 5.23. The van der Waals surface area contributed by atoms with Gasteiger partial charge in [-0.1, -0.05) is 19.1 Å². The standard InChI is InChI=1S/C12H14N2OS/c1-2-10-12(14-11(7-13)16-10)8-5-3-4-6-9(8)15/h3-6,15H,2,7,13H2,1H3. The Morgan fingerprint density at radius 1 is 1.38 bits per heavy atom. The highest BCUT2D eigenvalue weighted by Crippen LogP contribution is 2.33. The summed E-state index contributed by atoms with van der Waals surface area (Å²) in [6.07, 6.45) is 0.904. The van der Waals surface area contributed by atoms with E-state index < -0.39 is 0 Å². The second-order valence-corrected chi connectivity index (χ2v) is 4.62. The number of thiazole rings is 1. The van der Waals surface area contributed by atoms with Crippen LogP contribution in [0.1, 0.15) is 16.8 Å². The van der Waals surface area contributed by atoms with Crippen LogP contribution in [0.25, 0.3) is 11.3 Å². The van der Waals surface area contributed by atoms with E-state index in [4.69, 9.17) is 5.73 Å². The molecule has 0 unspecified atom stereocenters. The average Bonchev–Trinajstić information content (AvgIpc) is 2.72. The minimum absolute atomic E-state index is 0.270. The second-order valence-electron chi connectivity index (χ2n) is 3.45. The van der Waals surface area contributed by atoms with Crippen LogP contribution in [0.2, 0.25) is 0 Å². The summed E-state index contributed by atoms with van der Waals surface area (Å²) in [5.74, 6) is 0.270. The molecule has 84 valence electrons. The number of nitrogens with zero attached hydrogens (tertiary/aromatic N) is 1. The van der Waals surface area contributed by atoms with Crippen molar-refractivity contribution in [2.75, 3.05) is 0 Å². The third-order valence-corrected chi connectivity index (χ3v) is 3.62. The molecule has 0 bridgehead atoms. The monoisotopic (exact) mass is 234 g/mol. The minimum atomic E-state index is 0.270. The third kappa shape index (κ3) is 1.94. The second kappa shape index (κ2) is 4.63. The van der Waals surface area contributed by atoms with Crippen LogP contribution >= 0.6 is 11.3 Å².